The van der Waals surface area contributed by atoms with Crippen LogP contribution in [0.4, 0.5) is 0 Å². The molecule has 21 heavy (non-hydrogen) atoms. The molecule has 1 saturated carbocycles. The largest absolute Gasteiger partial charge is 0.459 e. The molecule has 1 aromatic rings. The van der Waals surface area contributed by atoms with Crippen molar-refractivity contribution in [2.24, 2.45) is 5.92 Å². The second-order valence-corrected chi connectivity index (χ2v) is 6.97. The molecule has 0 unspecified atom stereocenters. The van der Waals surface area contributed by atoms with Crippen LogP contribution in [-0.4, -0.2) is 17.4 Å². The van der Waals surface area contributed by atoms with E-state index < -0.39 is 0 Å². The van der Waals surface area contributed by atoms with Gasteiger partial charge in [0, 0.05) is 10.4 Å². The number of hydrogen-bond donors (Lipinski definition) is 0. The van der Waals surface area contributed by atoms with Crippen LogP contribution in [-0.2, 0) is 4.74 Å². The van der Waals surface area contributed by atoms with E-state index in [1.165, 1.54) is 32.1 Å². The van der Waals surface area contributed by atoms with Crippen LogP contribution in [0.25, 0.3) is 0 Å². The number of unbranched alkanes of at least 4 members (excludes halogenated alkanes) is 1. The van der Waals surface area contributed by atoms with E-state index in [1.54, 1.807) is 24.3 Å². The average molecular weight is 374 g/mol. The fourth-order valence-corrected chi connectivity index (χ4v) is 3.39. The van der Waals surface area contributed by atoms with Crippen molar-refractivity contribution in [3.63, 3.8) is 0 Å². The van der Waals surface area contributed by atoms with E-state index in [1.807, 2.05) is 0 Å². The maximum absolute atomic E-state index is 12.0. The molecule has 2 nitrogen and oxygen atoms in total. The molecular formula is C17H22BrClO2. The number of rotatable bonds is 6. The Labute approximate surface area is 140 Å². The molecule has 0 atom stereocenters. The number of carbonyl (C=O) groups excluding carboxylic acids is 1. The summed E-state index contributed by atoms with van der Waals surface area (Å²) in [7, 11) is 0. The number of benzene rings is 1. The third-order valence-electron chi connectivity index (χ3n) is 4.14. The number of carbonyl (C=O) groups is 1. The van der Waals surface area contributed by atoms with E-state index in [0.29, 0.717) is 10.6 Å². The highest BCUT2D eigenvalue weighted by Gasteiger charge is 2.24. The summed E-state index contributed by atoms with van der Waals surface area (Å²) < 4.78 is 5.60. The first-order chi connectivity index (χ1) is 10.2. The van der Waals surface area contributed by atoms with Gasteiger partial charge in [-0.1, -0.05) is 40.4 Å². The van der Waals surface area contributed by atoms with Crippen molar-refractivity contribution in [3.8, 4) is 0 Å². The zero-order chi connectivity index (χ0) is 15.1. The zero-order valence-electron chi connectivity index (χ0n) is 12.2. The minimum atomic E-state index is -0.227. The van der Waals surface area contributed by atoms with E-state index in [0.717, 1.165) is 24.1 Å². The van der Waals surface area contributed by atoms with Crippen molar-refractivity contribution in [1.29, 1.82) is 0 Å². The van der Waals surface area contributed by atoms with Gasteiger partial charge in [-0.15, -0.1) is 0 Å². The second-order valence-electron chi connectivity index (χ2n) is 5.74. The van der Waals surface area contributed by atoms with E-state index in [2.05, 4.69) is 15.9 Å². The third kappa shape index (κ3) is 5.63. The molecule has 116 valence electrons. The summed E-state index contributed by atoms with van der Waals surface area (Å²) in [6.07, 6.45) is 8.30. The van der Waals surface area contributed by atoms with Crippen molar-refractivity contribution in [2.45, 2.75) is 51.0 Å². The first-order valence-corrected chi connectivity index (χ1v) is 9.21. The average Bonchev–Trinajstić information content (AvgIpc) is 2.50. The number of hydrogen-bond acceptors (Lipinski definition) is 2. The van der Waals surface area contributed by atoms with Gasteiger partial charge in [0.05, 0.1) is 5.56 Å². The number of halogens is 2. The van der Waals surface area contributed by atoms with Gasteiger partial charge in [0.15, 0.2) is 0 Å². The molecule has 0 amide bonds. The smallest absolute Gasteiger partial charge is 0.338 e. The Morgan fingerprint density at radius 2 is 1.81 bits per heavy atom. The van der Waals surface area contributed by atoms with Gasteiger partial charge in [0.25, 0.3) is 0 Å². The summed E-state index contributed by atoms with van der Waals surface area (Å²) in [5.74, 6) is 0.587. The highest BCUT2D eigenvalue weighted by Crippen LogP contribution is 2.30. The molecule has 1 aliphatic carbocycles. The minimum Gasteiger partial charge on any atom is -0.459 e. The van der Waals surface area contributed by atoms with Crippen LogP contribution >= 0.6 is 27.5 Å². The second kappa shape index (κ2) is 8.79. The molecule has 0 aromatic heterocycles. The molecule has 4 heteroatoms. The van der Waals surface area contributed by atoms with Crippen LogP contribution in [0.1, 0.15) is 55.3 Å². The maximum Gasteiger partial charge on any atom is 0.338 e. The topological polar surface area (TPSA) is 26.3 Å². The van der Waals surface area contributed by atoms with E-state index in [9.17, 15) is 4.79 Å². The summed E-state index contributed by atoms with van der Waals surface area (Å²) in [5, 5.41) is 1.73. The Morgan fingerprint density at radius 3 is 2.43 bits per heavy atom. The van der Waals surface area contributed by atoms with E-state index in [4.69, 9.17) is 16.3 Å². The lowest BCUT2D eigenvalue weighted by Crippen LogP contribution is -2.24. The lowest BCUT2D eigenvalue weighted by Gasteiger charge is -2.28. The van der Waals surface area contributed by atoms with Crippen LogP contribution in [0.15, 0.2) is 24.3 Å². The van der Waals surface area contributed by atoms with E-state index >= 15 is 0 Å². The summed E-state index contributed by atoms with van der Waals surface area (Å²) in [5.41, 5.74) is 0.582. The normalized spacial score (nSPS) is 22.0. The first kappa shape index (κ1) is 16.8. The summed E-state index contributed by atoms with van der Waals surface area (Å²) in [6, 6.07) is 6.88. The molecule has 1 aromatic carbocycles. The highest BCUT2D eigenvalue weighted by molar-refractivity contribution is 9.09. The van der Waals surface area contributed by atoms with Crippen LogP contribution in [0.3, 0.4) is 0 Å². The van der Waals surface area contributed by atoms with Gasteiger partial charge in [0.2, 0.25) is 0 Å². The minimum absolute atomic E-state index is 0.0839. The fourth-order valence-electron chi connectivity index (χ4n) is 2.87. The lowest BCUT2D eigenvalue weighted by molar-refractivity contribution is 0.0161. The Hall–Kier alpha value is -0.540. The predicted molar refractivity (Wildman–Crippen MR) is 90.3 cm³/mol. The van der Waals surface area contributed by atoms with Gasteiger partial charge in [-0.25, -0.2) is 4.79 Å². The SMILES string of the molecule is O=C(O[C@H]1CC[C@H](CCCCBr)CC1)c1ccc(Cl)cc1. The lowest BCUT2D eigenvalue weighted by atomic mass is 9.84. The zero-order valence-corrected chi connectivity index (χ0v) is 14.5. The van der Waals surface area contributed by atoms with Crippen molar-refractivity contribution in [1.82, 2.24) is 0 Å². The van der Waals surface area contributed by atoms with Gasteiger partial charge >= 0.3 is 5.97 Å². The van der Waals surface area contributed by atoms with Gasteiger partial charge in [-0.3, -0.25) is 0 Å². The van der Waals surface area contributed by atoms with Crippen LogP contribution in [0, 0.1) is 5.92 Å². The summed E-state index contributed by atoms with van der Waals surface area (Å²) in [6.45, 7) is 0. The molecule has 1 aliphatic rings. The van der Waals surface area contributed by atoms with Crippen LogP contribution in [0.2, 0.25) is 5.02 Å². The Bertz CT molecular complexity index is 439. The van der Waals surface area contributed by atoms with Crippen LogP contribution < -0.4 is 0 Å². The summed E-state index contributed by atoms with van der Waals surface area (Å²) >= 11 is 9.29. The van der Waals surface area contributed by atoms with Crippen molar-refractivity contribution < 1.29 is 9.53 Å². The Kier molecular flexibility index (Phi) is 7.05. The van der Waals surface area contributed by atoms with Crippen molar-refractivity contribution in [2.75, 3.05) is 5.33 Å². The molecule has 0 radical (unpaired) electrons. The maximum atomic E-state index is 12.0. The molecule has 0 saturated heterocycles. The molecule has 1 fully saturated rings. The van der Waals surface area contributed by atoms with Crippen LogP contribution in [0.5, 0.6) is 0 Å². The Morgan fingerprint density at radius 1 is 1.14 bits per heavy atom. The summed E-state index contributed by atoms with van der Waals surface area (Å²) in [4.78, 5) is 12.0. The molecule has 0 spiro atoms. The number of esters is 1. The van der Waals surface area contributed by atoms with Gasteiger partial charge < -0.3 is 4.74 Å². The van der Waals surface area contributed by atoms with Gasteiger partial charge in [0.1, 0.15) is 6.10 Å². The molecule has 2 rings (SSSR count). The standard InChI is InChI=1S/C17H22BrClO2/c18-12-2-1-3-13-4-10-16(11-5-13)21-17(20)14-6-8-15(19)9-7-14/h6-9,13,16H,1-5,10-12H2/t13-,16-. The van der Waals surface area contributed by atoms with Crippen molar-refractivity contribution >= 4 is 33.5 Å². The molecule has 0 heterocycles. The van der Waals surface area contributed by atoms with Gasteiger partial charge in [-0.2, -0.15) is 0 Å². The first-order valence-electron chi connectivity index (χ1n) is 7.71. The molecular weight excluding hydrogens is 352 g/mol. The van der Waals surface area contributed by atoms with Crippen molar-refractivity contribution in [3.05, 3.63) is 34.9 Å². The number of ether oxygens (including phenoxy) is 1. The third-order valence-corrected chi connectivity index (χ3v) is 4.96. The van der Waals surface area contributed by atoms with Gasteiger partial charge in [-0.05, 0) is 62.3 Å². The predicted octanol–water partition coefficient (Wildman–Crippen LogP) is 5.62. The quantitative estimate of drug-likeness (QED) is 0.367. The number of alkyl halides is 1. The molecule has 0 bridgehead atoms. The molecule has 0 aliphatic heterocycles. The fraction of sp³-hybridized carbons (Fsp3) is 0.588. The monoisotopic (exact) mass is 372 g/mol. The Balaban J connectivity index is 1.73. The highest BCUT2D eigenvalue weighted by atomic mass is 79.9. The molecule has 0 N–H and O–H groups in total. The van der Waals surface area contributed by atoms with E-state index in [-0.39, 0.29) is 12.1 Å².